The molecule has 0 fully saturated rings. The van der Waals surface area contributed by atoms with Crippen LogP contribution in [0, 0.1) is 0 Å². The Morgan fingerprint density at radius 3 is 2.53 bits per heavy atom. The highest BCUT2D eigenvalue weighted by atomic mass is 16.5. The van der Waals surface area contributed by atoms with Gasteiger partial charge in [-0.15, -0.1) is 0 Å². The SMILES string of the molecule is CCCC(N)C(=O)NCCOc1ccc(OC)cc1. The smallest absolute Gasteiger partial charge is 0.237 e. The van der Waals surface area contributed by atoms with Gasteiger partial charge in [-0.1, -0.05) is 13.3 Å². The van der Waals surface area contributed by atoms with Gasteiger partial charge < -0.3 is 20.5 Å². The first kappa shape index (κ1) is 15.3. The van der Waals surface area contributed by atoms with Crippen molar-refractivity contribution in [1.29, 1.82) is 0 Å². The van der Waals surface area contributed by atoms with Gasteiger partial charge in [-0.25, -0.2) is 0 Å². The van der Waals surface area contributed by atoms with E-state index in [1.807, 2.05) is 31.2 Å². The fraction of sp³-hybridized carbons (Fsp3) is 0.500. The largest absolute Gasteiger partial charge is 0.497 e. The molecule has 106 valence electrons. The topological polar surface area (TPSA) is 73.6 Å². The Balaban J connectivity index is 2.21. The monoisotopic (exact) mass is 266 g/mol. The molecule has 0 heterocycles. The summed E-state index contributed by atoms with van der Waals surface area (Å²) >= 11 is 0. The van der Waals surface area contributed by atoms with Crippen molar-refractivity contribution in [3.63, 3.8) is 0 Å². The molecule has 0 spiro atoms. The predicted molar refractivity (Wildman–Crippen MR) is 74.4 cm³/mol. The predicted octanol–water partition coefficient (Wildman–Crippen LogP) is 1.32. The van der Waals surface area contributed by atoms with Gasteiger partial charge in [0.25, 0.3) is 0 Å². The van der Waals surface area contributed by atoms with Crippen molar-refractivity contribution >= 4 is 5.91 Å². The van der Waals surface area contributed by atoms with Gasteiger partial charge >= 0.3 is 0 Å². The lowest BCUT2D eigenvalue weighted by molar-refractivity contribution is -0.122. The number of methoxy groups -OCH3 is 1. The van der Waals surface area contributed by atoms with E-state index >= 15 is 0 Å². The molecule has 0 aliphatic rings. The zero-order chi connectivity index (χ0) is 14.1. The van der Waals surface area contributed by atoms with Crippen LogP contribution in [0.3, 0.4) is 0 Å². The van der Waals surface area contributed by atoms with Crippen molar-refractivity contribution in [3.8, 4) is 11.5 Å². The van der Waals surface area contributed by atoms with Crippen LogP contribution < -0.4 is 20.5 Å². The molecule has 0 aliphatic heterocycles. The minimum atomic E-state index is -0.425. The quantitative estimate of drug-likeness (QED) is 0.696. The summed E-state index contributed by atoms with van der Waals surface area (Å²) in [4.78, 5) is 11.5. The number of amides is 1. The molecule has 1 atom stereocenters. The lowest BCUT2D eigenvalue weighted by Gasteiger charge is -2.12. The van der Waals surface area contributed by atoms with Gasteiger partial charge in [0, 0.05) is 0 Å². The van der Waals surface area contributed by atoms with E-state index in [0.29, 0.717) is 19.6 Å². The fourth-order valence-electron chi connectivity index (χ4n) is 1.59. The summed E-state index contributed by atoms with van der Waals surface area (Å²) < 4.78 is 10.5. The Hall–Kier alpha value is -1.75. The standard InChI is InChI=1S/C14H22N2O3/c1-3-4-13(15)14(17)16-9-10-19-12-7-5-11(18-2)6-8-12/h5-8,13H,3-4,9-10,15H2,1-2H3,(H,16,17). The number of benzene rings is 1. The summed E-state index contributed by atoms with van der Waals surface area (Å²) in [6.45, 7) is 2.86. The summed E-state index contributed by atoms with van der Waals surface area (Å²) in [6.07, 6.45) is 1.60. The molecular weight excluding hydrogens is 244 g/mol. The van der Waals surface area contributed by atoms with Crippen molar-refractivity contribution < 1.29 is 14.3 Å². The summed E-state index contributed by atoms with van der Waals surface area (Å²) in [6, 6.07) is 6.87. The molecule has 3 N–H and O–H groups in total. The molecule has 5 heteroatoms. The van der Waals surface area contributed by atoms with Crippen molar-refractivity contribution in [2.24, 2.45) is 5.73 Å². The van der Waals surface area contributed by atoms with Gasteiger partial charge in [-0.05, 0) is 30.7 Å². The summed E-state index contributed by atoms with van der Waals surface area (Å²) in [5.74, 6) is 1.40. The van der Waals surface area contributed by atoms with Crippen molar-refractivity contribution in [3.05, 3.63) is 24.3 Å². The van der Waals surface area contributed by atoms with E-state index in [-0.39, 0.29) is 5.91 Å². The zero-order valence-corrected chi connectivity index (χ0v) is 11.5. The van der Waals surface area contributed by atoms with Crippen LogP contribution in [0.25, 0.3) is 0 Å². The van der Waals surface area contributed by atoms with Crippen LogP contribution in [-0.2, 0) is 4.79 Å². The first-order valence-electron chi connectivity index (χ1n) is 6.47. The number of carbonyl (C=O) groups excluding carboxylic acids is 1. The number of nitrogens with two attached hydrogens (primary N) is 1. The van der Waals surface area contributed by atoms with E-state index in [1.165, 1.54) is 0 Å². The van der Waals surface area contributed by atoms with Crippen LogP contribution in [0.15, 0.2) is 24.3 Å². The lowest BCUT2D eigenvalue weighted by Crippen LogP contribution is -2.41. The number of hydrogen-bond acceptors (Lipinski definition) is 4. The minimum absolute atomic E-state index is 0.125. The molecule has 5 nitrogen and oxygen atoms in total. The highest BCUT2D eigenvalue weighted by molar-refractivity contribution is 5.81. The van der Waals surface area contributed by atoms with E-state index in [9.17, 15) is 4.79 Å². The van der Waals surface area contributed by atoms with E-state index in [2.05, 4.69) is 5.32 Å². The number of hydrogen-bond donors (Lipinski definition) is 2. The Labute approximate surface area is 114 Å². The third-order valence-corrected chi connectivity index (χ3v) is 2.67. The van der Waals surface area contributed by atoms with E-state index in [4.69, 9.17) is 15.2 Å². The molecule has 1 rings (SSSR count). The molecule has 1 aromatic carbocycles. The van der Waals surface area contributed by atoms with Gasteiger partial charge in [-0.2, -0.15) is 0 Å². The van der Waals surface area contributed by atoms with Crippen LogP contribution in [0.4, 0.5) is 0 Å². The van der Waals surface area contributed by atoms with Crippen LogP contribution in [0.2, 0.25) is 0 Å². The van der Waals surface area contributed by atoms with Gasteiger partial charge in [0.1, 0.15) is 18.1 Å². The maximum atomic E-state index is 11.5. The number of carbonyl (C=O) groups is 1. The minimum Gasteiger partial charge on any atom is -0.497 e. The molecular formula is C14H22N2O3. The number of nitrogens with one attached hydrogen (secondary N) is 1. The second kappa shape index (κ2) is 8.37. The normalized spacial score (nSPS) is 11.7. The van der Waals surface area contributed by atoms with E-state index < -0.39 is 6.04 Å². The Kier molecular flexibility index (Phi) is 6.74. The van der Waals surface area contributed by atoms with Crippen LogP contribution in [0.5, 0.6) is 11.5 Å². The second-order valence-electron chi connectivity index (χ2n) is 4.21. The van der Waals surface area contributed by atoms with Gasteiger partial charge in [0.2, 0.25) is 5.91 Å². The molecule has 1 amide bonds. The van der Waals surface area contributed by atoms with E-state index in [0.717, 1.165) is 17.9 Å². The number of rotatable bonds is 8. The highest BCUT2D eigenvalue weighted by Crippen LogP contribution is 2.16. The summed E-state index contributed by atoms with van der Waals surface area (Å²) in [7, 11) is 1.62. The maximum Gasteiger partial charge on any atom is 0.237 e. The maximum absolute atomic E-state index is 11.5. The van der Waals surface area contributed by atoms with E-state index in [1.54, 1.807) is 7.11 Å². The highest BCUT2D eigenvalue weighted by Gasteiger charge is 2.10. The average Bonchev–Trinajstić information content (AvgIpc) is 2.44. The molecule has 0 saturated carbocycles. The average molecular weight is 266 g/mol. The molecule has 0 bridgehead atoms. The van der Waals surface area contributed by atoms with Crippen LogP contribution in [0.1, 0.15) is 19.8 Å². The first-order valence-corrected chi connectivity index (χ1v) is 6.47. The summed E-state index contributed by atoms with van der Waals surface area (Å²) in [5, 5.41) is 2.75. The zero-order valence-electron chi connectivity index (χ0n) is 11.5. The van der Waals surface area contributed by atoms with Crippen molar-refractivity contribution in [1.82, 2.24) is 5.32 Å². The fourth-order valence-corrected chi connectivity index (χ4v) is 1.59. The van der Waals surface area contributed by atoms with Crippen molar-refractivity contribution in [2.45, 2.75) is 25.8 Å². The van der Waals surface area contributed by atoms with Gasteiger partial charge in [0.05, 0.1) is 19.7 Å². The lowest BCUT2D eigenvalue weighted by atomic mass is 10.2. The van der Waals surface area contributed by atoms with Crippen LogP contribution >= 0.6 is 0 Å². The third-order valence-electron chi connectivity index (χ3n) is 2.67. The Morgan fingerprint density at radius 2 is 1.95 bits per heavy atom. The Morgan fingerprint density at radius 1 is 1.32 bits per heavy atom. The van der Waals surface area contributed by atoms with Crippen LogP contribution in [-0.4, -0.2) is 32.2 Å². The first-order chi connectivity index (χ1) is 9.17. The molecule has 0 aromatic heterocycles. The molecule has 0 aliphatic carbocycles. The third kappa shape index (κ3) is 5.61. The van der Waals surface area contributed by atoms with Gasteiger partial charge in [0.15, 0.2) is 0 Å². The second-order valence-corrected chi connectivity index (χ2v) is 4.21. The molecule has 1 aromatic rings. The van der Waals surface area contributed by atoms with Crippen molar-refractivity contribution in [2.75, 3.05) is 20.3 Å². The van der Waals surface area contributed by atoms with Gasteiger partial charge in [-0.3, -0.25) is 4.79 Å². The Bertz CT molecular complexity index is 379. The molecule has 19 heavy (non-hydrogen) atoms. The number of ether oxygens (including phenoxy) is 2. The summed E-state index contributed by atoms with van der Waals surface area (Å²) in [5.41, 5.74) is 5.69. The molecule has 1 unspecified atom stereocenters. The molecule has 0 saturated heterocycles. The molecule has 0 radical (unpaired) electrons.